The third-order valence-corrected chi connectivity index (χ3v) is 6.73. The van der Waals surface area contributed by atoms with Gasteiger partial charge >= 0.3 is 0 Å². The SMILES string of the molecule is COc1cc(C(C(N)=O)(N(Cc2ccc3c(c2)OCO3)C(=O)c2cnccn2)C(C)(C)C)cc(OC)c1OC. The summed E-state index contributed by atoms with van der Waals surface area (Å²) in [6.07, 6.45) is 4.22. The van der Waals surface area contributed by atoms with Gasteiger partial charge in [0.25, 0.3) is 5.91 Å². The minimum Gasteiger partial charge on any atom is -0.493 e. The lowest BCUT2D eigenvalue weighted by Gasteiger charge is -2.50. The van der Waals surface area contributed by atoms with Gasteiger partial charge in [-0.25, -0.2) is 4.98 Å². The molecular formula is C28H32N4O7. The molecule has 11 heteroatoms. The summed E-state index contributed by atoms with van der Waals surface area (Å²) in [5.74, 6) is 0.748. The Labute approximate surface area is 226 Å². The third-order valence-electron chi connectivity index (χ3n) is 6.73. The first kappa shape index (κ1) is 27.5. The molecule has 1 aliphatic rings. The summed E-state index contributed by atoms with van der Waals surface area (Å²) in [5, 5.41) is 0. The number of carbonyl (C=O) groups excluding carboxylic acids is 2. The molecule has 39 heavy (non-hydrogen) atoms. The second-order valence-corrected chi connectivity index (χ2v) is 9.91. The van der Waals surface area contributed by atoms with Crippen LogP contribution in [0, 0.1) is 5.41 Å². The molecule has 4 rings (SSSR count). The lowest BCUT2D eigenvalue weighted by Crippen LogP contribution is -2.63. The topological polar surface area (TPSA) is 135 Å². The zero-order valence-electron chi connectivity index (χ0n) is 22.8. The highest BCUT2D eigenvalue weighted by Crippen LogP contribution is 2.50. The fraction of sp³-hybridized carbons (Fsp3) is 0.357. The monoisotopic (exact) mass is 536 g/mol. The summed E-state index contributed by atoms with van der Waals surface area (Å²) >= 11 is 0. The number of rotatable bonds is 9. The van der Waals surface area contributed by atoms with Gasteiger partial charge in [0, 0.05) is 18.9 Å². The van der Waals surface area contributed by atoms with Gasteiger partial charge in [-0.15, -0.1) is 0 Å². The van der Waals surface area contributed by atoms with Crippen molar-refractivity contribution >= 4 is 11.8 Å². The van der Waals surface area contributed by atoms with Crippen LogP contribution in [-0.4, -0.2) is 54.8 Å². The van der Waals surface area contributed by atoms with Gasteiger partial charge in [0.1, 0.15) is 5.69 Å². The molecule has 1 aliphatic heterocycles. The van der Waals surface area contributed by atoms with Crippen molar-refractivity contribution < 1.29 is 33.3 Å². The van der Waals surface area contributed by atoms with Crippen LogP contribution in [0.1, 0.15) is 42.4 Å². The molecule has 11 nitrogen and oxygen atoms in total. The van der Waals surface area contributed by atoms with Crippen LogP contribution in [0.3, 0.4) is 0 Å². The van der Waals surface area contributed by atoms with Crippen LogP contribution in [-0.2, 0) is 16.9 Å². The molecule has 206 valence electrons. The summed E-state index contributed by atoms with van der Waals surface area (Å²) in [4.78, 5) is 37.8. The standard InChI is InChI=1S/C28H32N4O7/c1-27(2,3)28(26(29)34,18-12-22(35-4)24(37-6)23(13-18)36-5)32(25(33)19-14-30-9-10-31-19)15-17-7-8-20-21(11-17)39-16-38-20/h7-14H,15-16H2,1-6H3,(H2,29,34). The average molecular weight is 537 g/mol. The second-order valence-electron chi connectivity index (χ2n) is 9.91. The molecule has 2 amide bonds. The number of fused-ring (bicyclic) bond motifs is 1. The molecule has 0 saturated heterocycles. The Morgan fingerprint density at radius 2 is 1.64 bits per heavy atom. The van der Waals surface area contributed by atoms with E-state index in [1.54, 1.807) is 30.3 Å². The van der Waals surface area contributed by atoms with Gasteiger partial charge in [-0.2, -0.15) is 0 Å². The molecule has 2 aromatic carbocycles. The predicted molar refractivity (Wildman–Crippen MR) is 141 cm³/mol. The highest BCUT2D eigenvalue weighted by molar-refractivity contribution is 5.98. The van der Waals surface area contributed by atoms with Crippen molar-refractivity contribution in [3.05, 3.63) is 65.7 Å². The molecule has 0 aliphatic carbocycles. The van der Waals surface area contributed by atoms with Crippen molar-refractivity contribution in [3.63, 3.8) is 0 Å². The van der Waals surface area contributed by atoms with Crippen LogP contribution in [0.2, 0.25) is 0 Å². The van der Waals surface area contributed by atoms with Crippen LogP contribution in [0.25, 0.3) is 0 Å². The van der Waals surface area contributed by atoms with Crippen molar-refractivity contribution in [3.8, 4) is 28.7 Å². The first-order valence-corrected chi connectivity index (χ1v) is 12.1. The minimum absolute atomic E-state index is 0.0249. The molecule has 2 N–H and O–H groups in total. The molecule has 0 spiro atoms. The third kappa shape index (κ3) is 4.75. The normalized spacial score (nSPS) is 13.8. The molecule has 0 saturated carbocycles. The van der Waals surface area contributed by atoms with E-state index in [4.69, 9.17) is 29.4 Å². The van der Waals surface area contributed by atoms with E-state index in [1.807, 2.05) is 20.8 Å². The predicted octanol–water partition coefficient (Wildman–Crippen LogP) is 3.30. The zero-order valence-corrected chi connectivity index (χ0v) is 22.8. The summed E-state index contributed by atoms with van der Waals surface area (Å²) in [7, 11) is 4.42. The van der Waals surface area contributed by atoms with E-state index >= 15 is 0 Å². The molecule has 1 aromatic heterocycles. The van der Waals surface area contributed by atoms with Crippen molar-refractivity contribution in [2.75, 3.05) is 28.1 Å². The molecular weight excluding hydrogens is 504 g/mol. The summed E-state index contributed by atoms with van der Waals surface area (Å²) < 4.78 is 27.7. The van der Waals surface area contributed by atoms with Crippen LogP contribution < -0.4 is 29.4 Å². The van der Waals surface area contributed by atoms with Crippen molar-refractivity contribution in [2.45, 2.75) is 32.9 Å². The summed E-state index contributed by atoms with van der Waals surface area (Å²) in [5.41, 5.74) is 4.69. The molecule has 0 fully saturated rings. The number of ether oxygens (including phenoxy) is 5. The molecule has 0 bridgehead atoms. The first-order valence-electron chi connectivity index (χ1n) is 12.1. The number of hydrogen-bond donors (Lipinski definition) is 1. The number of methoxy groups -OCH3 is 3. The number of carbonyl (C=O) groups is 2. The van der Waals surface area contributed by atoms with Gasteiger partial charge in [0.05, 0.1) is 27.5 Å². The Balaban J connectivity index is 2.02. The average Bonchev–Trinajstić information content (AvgIpc) is 3.39. The van der Waals surface area contributed by atoms with Gasteiger partial charge in [-0.3, -0.25) is 14.6 Å². The molecule has 1 unspecified atom stereocenters. The molecule has 2 heterocycles. The van der Waals surface area contributed by atoms with Crippen molar-refractivity contribution in [1.29, 1.82) is 0 Å². The molecule has 1 atom stereocenters. The quantitative estimate of drug-likeness (QED) is 0.437. The Morgan fingerprint density at radius 3 is 2.18 bits per heavy atom. The lowest BCUT2D eigenvalue weighted by atomic mass is 9.67. The van der Waals surface area contributed by atoms with Gasteiger partial charge in [-0.1, -0.05) is 26.8 Å². The van der Waals surface area contributed by atoms with E-state index in [2.05, 4.69) is 9.97 Å². The molecule has 3 aromatic rings. The highest BCUT2D eigenvalue weighted by Gasteiger charge is 2.56. The lowest BCUT2D eigenvalue weighted by molar-refractivity contribution is -0.137. The van der Waals surface area contributed by atoms with Crippen molar-refractivity contribution in [2.24, 2.45) is 11.1 Å². The number of nitrogens with zero attached hydrogens (tertiary/aromatic N) is 3. The number of benzene rings is 2. The summed E-state index contributed by atoms with van der Waals surface area (Å²) in [6, 6.07) is 8.59. The second kappa shape index (κ2) is 10.7. The Bertz CT molecular complexity index is 1350. The van der Waals surface area contributed by atoms with Gasteiger partial charge in [0.2, 0.25) is 18.4 Å². The van der Waals surface area contributed by atoms with E-state index in [9.17, 15) is 9.59 Å². The Kier molecular flexibility index (Phi) is 7.53. The van der Waals surface area contributed by atoms with Crippen LogP contribution >= 0.6 is 0 Å². The largest absolute Gasteiger partial charge is 0.493 e. The number of primary amides is 1. The van der Waals surface area contributed by atoms with Crippen LogP contribution in [0.5, 0.6) is 28.7 Å². The van der Waals surface area contributed by atoms with E-state index < -0.39 is 22.8 Å². The first-order chi connectivity index (χ1) is 18.6. The fourth-order valence-electron chi connectivity index (χ4n) is 5.04. The summed E-state index contributed by atoms with van der Waals surface area (Å²) in [6.45, 7) is 5.56. The van der Waals surface area contributed by atoms with E-state index in [-0.39, 0.29) is 19.0 Å². The smallest absolute Gasteiger partial charge is 0.275 e. The van der Waals surface area contributed by atoms with E-state index in [0.717, 1.165) is 0 Å². The van der Waals surface area contributed by atoms with Crippen molar-refractivity contribution in [1.82, 2.24) is 14.9 Å². The molecule has 0 radical (unpaired) electrons. The maximum absolute atomic E-state index is 14.3. The van der Waals surface area contributed by atoms with Crippen LogP contribution in [0.4, 0.5) is 0 Å². The number of hydrogen-bond acceptors (Lipinski definition) is 9. The number of amides is 2. The maximum Gasteiger partial charge on any atom is 0.275 e. The van der Waals surface area contributed by atoms with E-state index in [0.29, 0.717) is 39.9 Å². The van der Waals surface area contributed by atoms with E-state index in [1.165, 1.54) is 44.8 Å². The zero-order chi connectivity index (χ0) is 28.4. The van der Waals surface area contributed by atoms with Gasteiger partial charge in [0.15, 0.2) is 28.5 Å². The maximum atomic E-state index is 14.3. The van der Waals surface area contributed by atoms with Gasteiger partial charge in [-0.05, 0) is 40.8 Å². The minimum atomic E-state index is -1.73. The Morgan fingerprint density at radius 1 is 0.974 bits per heavy atom. The Hall–Kier alpha value is -4.54. The highest BCUT2D eigenvalue weighted by atomic mass is 16.7. The fourth-order valence-corrected chi connectivity index (χ4v) is 5.04. The number of nitrogens with two attached hydrogens (primary N) is 1. The van der Waals surface area contributed by atoms with Gasteiger partial charge < -0.3 is 34.3 Å². The number of aromatic nitrogens is 2. The van der Waals surface area contributed by atoms with Crippen LogP contribution in [0.15, 0.2) is 48.9 Å².